The van der Waals surface area contributed by atoms with Crippen molar-refractivity contribution in [2.75, 3.05) is 11.8 Å². The summed E-state index contributed by atoms with van der Waals surface area (Å²) in [5, 5.41) is 0. The number of ether oxygens (including phenoxy) is 1. The first-order valence-corrected chi connectivity index (χ1v) is 7.93. The molecule has 0 aliphatic rings. The number of hydrogen-bond donors (Lipinski definition) is 1. The fourth-order valence-electron chi connectivity index (χ4n) is 1.71. The largest absolute Gasteiger partial charge is 0.466 e. The van der Waals surface area contributed by atoms with E-state index in [4.69, 9.17) is 0 Å². The summed E-state index contributed by atoms with van der Waals surface area (Å²) in [5.41, 5.74) is 1.20. The lowest BCUT2D eigenvalue weighted by atomic mass is 10.2. The van der Waals surface area contributed by atoms with Crippen LogP contribution in [-0.2, 0) is 19.6 Å². The van der Waals surface area contributed by atoms with Gasteiger partial charge in [-0.1, -0.05) is 30.3 Å². The second-order valence-electron chi connectivity index (χ2n) is 4.40. The number of benzene rings is 2. The monoisotopic (exact) mass is 317 g/mol. The van der Waals surface area contributed by atoms with Crippen LogP contribution >= 0.6 is 0 Å². The van der Waals surface area contributed by atoms with Gasteiger partial charge in [0, 0.05) is 11.8 Å². The Morgan fingerprint density at radius 1 is 1.05 bits per heavy atom. The van der Waals surface area contributed by atoms with Crippen molar-refractivity contribution in [1.82, 2.24) is 0 Å². The molecule has 0 fully saturated rings. The lowest BCUT2D eigenvalue weighted by Gasteiger charge is -2.08. The van der Waals surface area contributed by atoms with Crippen molar-refractivity contribution in [2.24, 2.45) is 0 Å². The van der Waals surface area contributed by atoms with E-state index in [1.807, 2.05) is 0 Å². The van der Waals surface area contributed by atoms with Crippen LogP contribution in [0.15, 0.2) is 65.6 Å². The number of sulfonamides is 1. The second-order valence-corrected chi connectivity index (χ2v) is 6.08. The molecule has 0 saturated carbocycles. The second kappa shape index (κ2) is 6.91. The molecule has 0 heterocycles. The molecule has 0 spiro atoms. The Bertz CT molecular complexity index is 766. The SMILES string of the molecule is COC(=O)/C=C/c1ccc(S(=O)(=O)Nc2ccccc2)cc1. The summed E-state index contributed by atoms with van der Waals surface area (Å²) in [6.07, 6.45) is 2.82. The number of methoxy groups -OCH3 is 1. The Kier molecular flexibility index (Phi) is 4.95. The molecule has 114 valence electrons. The van der Waals surface area contributed by atoms with E-state index >= 15 is 0 Å². The molecule has 0 atom stereocenters. The molecule has 0 unspecified atom stereocenters. The molecule has 0 saturated heterocycles. The van der Waals surface area contributed by atoms with Gasteiger partial charge in [-0.25, -0.2) is 13.2 Å². The molecule has 6 heteroatoms. The molecule has 2 aromatic carbocycles. The maximum absolute atomic E-state index is 12.2. The predicted octanol–water partition coefficient (Wildman–Crippen LogP) is 2.67. The van der Waals surface area contributed by atoms with Gasteiger partial charge in [0.25, 0.3) is 10.0 Å². The highest BCUT2D eigenvalue weighted by Crippen LogP contribution is 2.16. The molecule has 22 heavy (non-hydrogen) atoms. The van der Waals surface area contributed by atoms with Crippen molar-refractivity contribution in [3.8, 4) is 0 Å². The number of nitrogens with one attached hydrogen (secondary N) is 1. The number of carbonyl (C=O) groups is 1. The number of para-hydroxylation sites is 1. The normalized spacial score (nSPS) is 11.3. The summed E-state index contributed by atoms with van der Waals surface area (Å²) in [6, 6.07) is 14.8. The van der Waals surface area contributed by atoms with Gasteiger partial charge in [0.2, 0.25) is 0 Å². The minimum atomic E-state index is -3.63. The van der Waals surface area contributed by atoms with Gasteiger partial charge in [-0.05, 0) is 35.9 Å². The van der Waals surface area contributed by atoms with Crippen molar-refractivity contribution in [1.29, 1.82) is 0 Å². The van der Waals surface area contributed by atoms with Crippen LogP contribution in [0, 0.1) is 0 Å². The summed E-state index contributed by atoms with van der Waals surface area (Å²) < 4.78 is 31.4. The topological polar surface area (TPSA) is 72.5 Å². The van der Waals surface area contributed by atoms with E-state index < -0.39 is 16.0 Å². The quantitative estimate of drug-likeness (QED) is 0.680. The first-order valence-electron chi connectivity index (χ1n) is 6.45. The van der Waals surface area contributed by atoms with Gasteiger partial charge in [-0.3, -0.25) is 4.72 Å². The minimum Gasteiger partial charge on any atom is -0.466 e. The van der Waals surface area contributed by atoms with Crippen LogP contribution in [0.25, 0.3) is 6.08 Å². The summed E-state index contributed by atoms with van der Waals surface area (Å²) in [5.74, 6) is -0.470. The molecule has 5 nitrogen and oxygen atoms in total. The Morgan fingerprint density at radius 2 is 1.68 bits per heavy atom. The van der Waals surface area contributed by atoms with Crippen LogP contribution in [0.1, 0.15) is 5.56 Å². The maximum Gasteiger partial charge on any atom is 0.330 e. The smallest absolute Gasteiger partial charge is 0.330 e. The molecule has 0 aliphatic heterocycles. The molecular weight excluding hydrogens is 302 g/mol. The van der Waals surface area contributed by atoms with E-state index in [0.29, 0.717) is 11.3 Å². The van der Waals surface area contributed by atoms with Crippen LogP contribution in [0.4, 0.5) is 5.69 Å². The van der Waals surface area contributed by atoms with Crippen LogP contribution in [0.3, 0.4) is 0 Å². The fourth-order valence-corrected chi connectivity index (χ4v) is 2.77. The van der Waals surface area contributed by atoms with Gasteiger partial charge in [0.05, 0.1) is 12.0 Å². The molecule has 0 amide bonds. The Morgan fingerprint density at radius 3 is 2.27 bits per heavy atom. The molecule has 0 aliphatic carbocycles. The maximum atomic E-state index is 12.2. The fraction of sp³-hybridized carbons (Fsp3) is 0.0625. The third-order valence-electron chi connectivity index (χ3n) is 2.83. The van der Waals surface area contributed by atoms with Gasteiger partial charge < -0.3 is 4.74 Å². The van der Waals surface area contributed by atoms with Gasteiger partial charge >= 0.3 is 5.97 Å². The van der Waals surface area contributed by atoms with Crippen LogP contribution < -0.4 is 4.72 Å². The number of hydrogen-bond acceptors (Lipinski definition) is 4. The molecule has 2 aromatic rings. The highest BCUT2D eigenvalue weighted by molar-refractivity contribution is 7.92. The zero-order valence-electron chi connectivity index (χ0n) is 11.9. The summed E-state index contributed by atoms with van der Waals surface area (Å²) in [4.78, 5) is 11.1. The van der Waals surface area contributed by atoms with Gasteiger partial charge in [-0.15, -0.1) is 0 Å². The molecule has 0 aromatic heterocycles. The average molecular weight is 317 g/mol. The molecule has 0 radical (unpaired) electrons. The Hall–Kier alpha value is -2.60. The number of anilines is 1. The van der Waals surface area contributed by atoms with E-state index in [0.717, 1.165) is 0 Å². The van der Waals surface area contributed by atoms with E-state index in [9.17, 15) is 13.2 Å². The van der Waals surface area contributed by atoms with E-state index in [2.05, 4.69) is 9.46 Å². The van der Waals surface area contributed by atoms with Gasteiger partial charge in [0.1, 0.15) is 0 Å². The van der Waals surface area contributed by atoms with Gasteiger partial charge in [-0.2, -0.15) is 0 Å². The standard InChI is InChI=1S/C16H15NO4S/c1-21-16(18)12-9-13-7-10-15(11-8-13)22(19,20)17-14-5-3-2-4-6-14/h2-12,17H,1H3/b12-9+. The van der Waals surface area contributed by atoms with Crippen LogP contribution in [0.5, 0.6) is 0 Å². The first-order chi connectivity index (χ1) is 10.5. The molecule has 2 rings (SSSR count). The first kappa shape index (κ1) is 15.8. The van der Waals surface area contributed by atoms with E-state index in [-0.39, 0.29) is 4.90 Å². The van der Waals surface area contributed by atoms with E-state index in [1.54, 1.807) is 48.5 Å². The predicted molar refractivity (Wildman–Crippen MR) is 84.7 cm³/mol. The van der Waals surface area contributed by atoms with Crippen molar-refractivity contribution in [3.05, 3.63) is 66.2 Å². The minimum absolute atomic E-state index is 0.145. The van der Waals surface area contributed by atoms with E-state index in [1.165, 1.54) is 25.3 Å². The number of carbonyl (C=O) groups excluding carboxylic acids is 1. The summed E-state index contributed by atoms with van der Waals surface area (Å²) >= 11 is 0. The zero-order valence-corrected chi connectivity index (χ0v) is 12.7. The average Bonchev–Trinajstić information content (AvgIpc) is 2.53. The molecule has 0 bridgehead atoms. The lowest BCUT2D eigenvalue weighted by Crippen LogP contribution is -2.12. The highest BCUT2D eigenvalue weighted by Gasteiger charge is 2.13. The zero-order chi connectivity index (χ0) is 16.0. The number of esters is 1. The van der Waals surface area contributed by atoms with Crippen LogP contribution in [-0.4, -0.2) is 21.5 Å². The third kappa shape index (κ3) is 4.20. The van der Waals surface area contributed by atoms with Crippen LogP contribution in [0.2, 0.25) is 0 Å². The highest BCUT2D eigenvalue weighted by atomic mass is 32.2. The third-order valence-corrected chi connectivity index (χ3v) is 4.23. The van der Waals surface area contributed by atoms with Crippen molar-refractivity contribution >= 4 is 27.8 Å². The summed E-state index contributed by atoms with van der Waals surface area (Å²) in [7, 11) is -2.34. The number of rotatable bonds is 5. The Labute approximate surface area is 129 Å². The molecular formula is C16H15NO4S. The lowest BCUT2D eigenvalue weighted by molar-refractivity contribution is -0.134. The van der Waals surface area contributed by atoms with Crippen molar-refractivity contribution in [2.45, 2.75) is 4.90 Å². The van der Waals surface area contributed by atoms with Gasteiger partial charge in [0.15, 0.2) is 0 Å². The Balaban J connectivity index is 2.15. The van der Waals surface area contributed by atoms with Crippen molar-refractivity contribution in [3.63, 3.8) is 0 Å². The molecule has 1 N–H and O–H groups in total. The van der Waals surface area contributed by atoms with Crippen molar-refractivity contribution < 1.29 is 17.9 Å². The summed E-state index contributed by atoms with van der Waals surface area (Å²) in [6.45, 7) is 0.